The van der Waals surface area contributed by atoms with Crippen LogP contribution in [0.1, 0.15) is 44.5 Å². The topological polar surface area (TPSA) is 101 Å². The minimum atomic E-state index is -3.38. The first-order valence-electron chi connectivity index (χ1n) is 7.90. The highest BCUT2D eigenvalue weighted by molar-refractivity contribution is 7.92. The number of hydrogen-bond acceptors (Lipinski definition) is 4. The van der Waals surface area contributed by atoms with E-state index in [0.29, 0.717) is 12.0 Å². The van der Waals surface area contributed by atoms with Crippen LogP contribution in [0.4, 0.5) is 0 Å². The van der Waals surface area contributed by atoms with Crippen molar-refractivity contribution in [2.45, 2.75) is 44.3 Å². The molecule has 24 heavy (non-hydrogen) atoms. The Morgan fingerprint density at radius 2 is 1.62 bits per heavy atom. The Morgan fingerprint density at radius 3 is 2.04 bits per heavy atom. The SMILES string of the molecule is CC(C)CC(CNC(=O)c1ccc(S(=O)(=O)C(C)C)cc1)C(=O)O. The molecule has 1 aromatic carbocycles. The molecule has 0 aromatic heterocycles. The molecule has 0 aliphatic rings. The zero-order chi connectivity index (χ0) is 18.5. The third kappa shape index (κ3) is 5.33. The number of amides is 1. The van der Waals surface area contributed by atoms with Gasteiger partial charge in [0, 0.05) is 12.1 Å². The van der Waals surface area contributed by atoms with E-state index < -0.39 is 32.9 Å². The highest BCUT2D eigenvalue weighted by atomic mass is 32.2. The number of hydrogen-bond donors (Lipinski definition) is 2. The van der Waals surface area contributed by atoms with Gasteiger partial charge in [-0.25, -0.2) is 8.42 Å². The fraction of sp³-hybridized carbons (Fsp3) is 0.529. The largest absolute Gasteiger partial charge is 0.481 e. The zero-order valence-electron chi connectivity index (χ0n) is 14.4. The second kappa shape index (κ2) is 8.28. The maximum Gasteiger partial charge on any atom is 0.308 e. The van der Waals surface area contributed by atoms with Crippen molar-refractivity contribution in [2.24, 2.45) is 11.8 Å². The second-order valence-electron chi connectivity index (χ2n) is 6.49. The Kier molecular flexibility index (Phi) is 6.95. The lowest BCUT2D eigenvalue weighted by Crippen LogP contribution is -2.33. The van der Waals surface area contributed by atoms with Crippen LogP contribution >= 0.6 is 0 Å². The standard InChI is InChI=1S/C17H25NO5S/c1-11(2)9-14(17(20)21)10-18-16(19)13-5-7-15(8-6-13)24(22,23)12(3)4/h5-8,11-12,14H,9-10H2,1-4H3,(H,18,19)(H,20,21). The Morgan fingerprint density at radius 1 is 1.08 bits per heavy atom. The smallest absolute Gasteiger partial charge is 0.308 e. The average molecular weight is 355 g/mol. The van der Waals surface area contributed by atoms with Gasteiger partial charge in [0.25, 0.3) is 5.91 Å². The second-order valence-corrected chi connectivity index (χ2v) is 9.00. The van der Waals surface area contributed by atoms with Gasteiger partial charge in [-0.05, 0) is 50.5 Å². The first kappa shape index (κ1) is 20.2. The molecule has 0 aliphatic carbocycles. The van der Waals surface area contributed by atoms with Crippen LogP contribution in [-0.4, -0.2) is 37.2 Å². The van der Waals surface area contributed by atoms with Gasteiger partial charge < -0.3 is 10.4 Å². The number of rotatable bonds is 8. The van der Waals surface area contributed by atoms with Crippen LogP contribution in [0, 0.1) is 11.8 Å². The Hall–Kier alpha value is -1.89. The Labute approximate surface area is 143 Å². The number of aliphatic carboxylic acids is 1. The molecule has 0 heterocycles. The van der Waals surface area contributed by atoms with Gasteiger partial charge >= 0.3 is 5.97 Å². The molecule has 7 heteroatoms. The van der Waals surface area contributed by atoms with E-state index >= 15 is 0 Å². The summed E-state index contributed by atoms with van der Waals surface area (Å²) in [4.78, 5) is 23.4. The van der Waals surface area contributed by atoms with Crippen molar-refractivity contribution >= 4 is 21.7 Å². The molecule has 1 atom stereocenters. The summed E-state index contributed by atoms with van der Waals surface area (Å²) < 4.78 is 24.1. The number of nitrogens with one attached hydrogen (secondary N) is 1. The molecule has 1 aromatic rings. The predicted molar refractivity (Wildman–Crippen MR) is 91.7 cm³/mol. The van der Waals surface area contributed by atoms with Crippen molar-refractivity contribution in [3.05, 3.63) is 29.8 Å². The minimum absolute atomic E-state index is 0.0401. The van der Waals surface area contributed by atoms with Crippen molar-refractivity contribution in [1.82, 2.24) is 5.32 Å². The molecule has 0 fully saturated rings. The van der Waals surface area contributed by atoms with Crippen molar-refractivity contribution < 1.29 is 23.1 Å². The third-order valence-electron chi connectivity index (χ3n) is 3.68. The van der Waals surface area contributed by atoms with Gasteiger partial charge in [-0.3, -0.25) is 9.59 Å². The molecule has 0 radical (unpaired) electrons. The van der Waals surface area contributed by atoms with Crippen LogP contribution in [0.25, 0.3) is 0 Å². The summed E-state index contributed by atoms with van der Waals surface area (Å²) in [7, 11) is -3.38. The highest BCUT2D eigenvalue weighted by Crippen LogP contribution is 2.17. The first-order chi connectivity index (χ1) is 11.1. The van der Waals surface area contributed by atoms with Crippen molar-refractivity contribution in [1.29, 1.82) is 0 Å². The van der Waals surface area contributed by atoms with E-state index in [4.69, 9.17) is 5.11 Å². The molecule has 0 spiro atoms. The van der Waals surface area contributed by atoms with Gasteiger partial charge in [0.1, 0.15) is 0 Å². The van der Waals surface area contributed by atoms with Crippen LogP contribution < -0.4 is 5.32 Å². The van der Waals surface area contributed by atoms with E-state index in [2.05, 4.69) is 5.32 Å². The molecule has 134 valence electrons. The minimum Gasteiger partial charge on any atom is -0.481 e. The summed E-state index contributed by atoms with van der Waals surface area (Å²) >= 11 is 0. The summed E-state index contributed by atoms with van der Waals surface area (Å²) in [6.45, 7) is 7.07. The van der Waals surface area contributed by atoms with Crippen molar-refractivity contribution in [2.75, 3.05) is 6.54 Å². The van der Waals surface area contributed by atoms with Crippen LogP contribution in [0.15, 0.2) is 29.2 Å². The summed E-state index contributed by atoms with van der Waals surface area (Å²) in [5, 5.41) is 11.2. The molecule has 1 rings (SSSR count). The number of carbonyl (C=O) groups is 2. The number of carboxylic acid groups (broad SMARTS) is 1. The van der Waals surface area contributed by atoms with Crippen LogP contribution in [0.3, 0.4) is 0 Å². The van der Waals surface area contributed by atoms with E-state index in [9.17, 15) is 18.0 Å². The summed E-state index contributed by atoms with van der Waals surface area (Å²) in [5.41, 5.74) is 0.298. The highest BCUT2D eigenvalue weighted by Gasteiger charge is 2.21. The maximum atomic E-state index is 12.1. The molecule has 2 N–H and O–H groups in total. The Bertz CT molecular complexity index is 677. The van der Waals surface area contributed by atoms with E-state index in [1.807, 2.05) is 13.8 Å². The number of benzene rings is 1. The summed E-state index contributed by atoms with van der Waals surface area (Å²) in [6.07, 6.45) is 0.473. The van der Waals surface area contributed by atoms with Crippen LogP contribution in [0.2, 0.25) is 0 Å². The number of carboxylic acids is 1. The van der Waals surface area contributed by atoms with E-state index in [1.54, 1.807) is 13.8 Å². The molecular formula is C17H25NO5S. The monoisotopic (exact) mass is 355 g/mol. The molecular weight excluding hydrogens is 330 g/mol. The van der Waals surface area contributed by atoms with Gasteiger partial charge in [0.05, 0.1) is 16.1 Å². The molecule has 1 unspecified atom stereocenters. The van der Waals surface area contributed by atoms with Crippen LogP contribution in [-0.2, 0) is 14.6 Å². The number of sulfone groups is 1. The molecule has 1 amide bonds. The fourth-order valence-corrected chi connectivity index (χ4v) is 3.29. The normalized spacial score (nSPS) is 13.1. The summed E-state index contributed by atoms with van der Waals surface area (Å²) in [5.74, 6) is -1.79. The van der Waals surface area contributed by atoms with Crippen molar-refractivity contribution in [3.63, 3.8) is 0 Å². The molecule has 6 nitrogen and oxygen atoms in total. The fourth-order valence-electron chi connectivity index (χ4n) is 2.23. The summed E-state index contributed by atoms with van der Waals surface area (Å²) in [6, 6.07) is 5.66. The zero-order valence-corrected chi connectivity index (χ0v) is 15.3. The van der Waals surface area contributed by atoms with E-state index in [1.165, 1.54) is 24.3 Å². The average Bonchev–Trinajstić information content (AvgIpc) is 2.50. The van der Waals surface area contributed by atoms with Gasteiger partial charge in [0.2, 0.25) is 0 Å². The van der Waals surface area contributed by atoms with Crippen molar-refractivity contribution in [3.8, 4) is 0 Å². The van der Waals surface area contributed by atoms with Gasteiger partial charge in [-0.2, -0.15) is 0 Å². The van der Waals surface area contributed by atoms with E-state index in [-0.39, 0.29) is 17.4 Å². The molecule has 0 saturated heterocycles. The molecule has 0 saturated carbocycles. The maximum absolute atomic E-state index is 12.1. The Balaban J connectivity index is 2.77. The lowest BCUT2D eigenvalue weighted by Gasteiger charge is -2.15. The van der Waals surface area contributed by atoms with Crippen LogP contribution in [0.5, 0.6) is 0 Å². The molecule has 0 aliphatic heterocycles. The first-order valence-corrected chi connectivity index (χ1v) is 9.45. The number of carbonyl (C=O) groups excluding carboxylic acids is 1. The quantitative estimate of drug-likeness (QED) is 0.745. The molecule has 0 bridgehead atoms. The third-order valence-corrected chi connectivity index (χ3v) is 5.85. The predicted octanol–water partition coefficient (Wildman–Crippen LogP) is 2.35. The lowest BCUT2D eigenvalue weighted by molar-refractivity contribution is -0.142. The van der Waals surface area contributed by atoms with E-state index in [0.717, 1.165) is 0 Å². The van der Waals surface area contributed by atoms with Gasteiger partial charge in [-0.15, -0.1) is 0 Å². The van der Waals surface area contributed by atoms with Gasteiger partial charge in [-0.1, -0.05) is 13.8 Å². The van der Waals surface area contributed by atoms with Gasteiger partial charge in [0.15, 0.2) is 9.84 Å². The lowest BCUT2D eigenvalue weighted by atomic mass is 9.97.